The third kappa shape index (κ3) is 2.84. The molecule has 1 aromatic heterocycles. The van der Waals surface area contributed by atoms with Gasteiger partial charge in [-0.3, -0.25) is 4.98 Å². The number of halogens is 1. The molecule has 0 fully saturated rings. The third-order valence-electron chi connectivity index (χ3n) is 2.84. The molecule has 2 N–H and O–H groups in total. The quantitative estimate of drug-likeness (QED) is 0.903. The monoisotopic (exact) mass is 246 g/mol. The van der Waals surface area contributed by atoms with Crippen molar-refractivity contribution in [2.24, 2.45) is 5.73 Å². The van der Waals surface area contributed by atoms with Crippen LogP contribution in [0.3, 0.4) is 0 Å². The molecule has 2 aromatic rings. The highest BCUT2D eigenvalue weighted by atomic mass is 35.5. The topological polar surface area (TPSA) is 38.9 Å². The molecule has 1 heterocycles. The van der Waals surface area contributed by atoms with E-state index < -0.39 is 0 Å². The Morgan fingerprint density at radius 2 is 2.00 bits per heavy atom. The molecule has 0 radical (unpaired) electrons. The maximum Gasteiger partial charge on any atom is 0.0453 e. The van der Waals surface area contributed by atoms with Crippen molar-refractivity contribution in [1.29, 1.82) is 0 Å². The summed E-state index contributed by atoms with van der Waals surface area (Å²) in [6.07, 6.45) is 2.50. The number of nitrogens with two attached hydrogens (primary N) is 1. The van der Waals surface area contributed by atoms with Gasteiger partial charge in [0.25, 0.3) is 0 Å². The Morgan fingerprint density at radius 3 is 2.71 bits per heavy atom. The minimum atomic E-state index is -0.114. The van der Waals surface area contributed by atoms with Crippen LogP contribution < -0.4 is 5.73 Å². The van der Waals surface area contributed by atoms with Crippen LogP contribution in [-0.4, -0.2) is 4.98 Å². The fourth-order valence-electron chi connectivity index (χ4n) is 1.83. The van der Waals surface area contributed by atoms with Crippen LogP contribution in [-0.2, 0) is 6.42 Å². The van der Waals surface area contributed by atoms with Crippen molar-refractivity contribution in [1.82, 2.24) is 4.98 Å². The van der Waals surface area contributed by atoms with Crippen molar-refractivity contribution in [2.45, 2.75) is 19.4 Å². The van der Waals surface area contributed by atoms with Crippen LogP contribution in [0.1, 0.15) is 22.9 Å². The molecule has 88 valence electrons. The first-order valence-corrected chi connectivity index (χ1v) is 5.97. The first-order valence-electron chi connectivity index (χ1n) is 5.59. The summed E-state index contributed by atoms with van der Waals surface area (Å²) >= 11 is 6.12. The van der Waals surface area contributed by atoms with E-state index in [-0.39, 0.29) is 6.04 Å². The minimum Gasteiger partial charge on any atom is -0.324 e. The molecule has 0 spiro atoms. The molecule has 0 saturated heterocycles. The van der Waals surface area contributed by atoms with Gasteiger partial charge in [-0.15, -0.1) is 0 Å². The van der Waals surface area contributed by atoms with E-state index >= 15 is 0 Å². The Kier molecular flexibility index (Phi) is 3.77. The minimum absolute atomic E-state index is 0.114. The average molecular weight is 247 g/mol. The van der Waals surface area contributed by atoms with Crippen molar-refractivity contribution < 1.29 is 0 Å². The van der Waals surface area contributed by atoms with Gasteiger partial charge in [-0.25, -0.2) is 0 Å². The lowest BCUT2D eigenvalue weighted by molar-refractivity contribution is 0.703. The van der Waals surface area contributed by atoms with Crippen LogP contribution in [0.5, 0.6) is 0 Å². The van der Waals surface area contributed by atoms with Gasteiger partial charge in [-0.1, -0.05) is 35.9 Å². The van der Waals surface area contributed by atoms with Gasteiger partial charge in [0, 0.05) is 29.4 Å². The van der Waals surface area contributed by atoms with Crippen molar-refractivity contribution >= 4 is 11.6 Å². The average Bonchev–Trinajstić information content (AvgIpc) is 2.32. The van der Waals surface area contributed by atoms with E-state index in [4.69, 9.17) is 17.3 Å². The van der Waals surface area contributed by atoms with Crippen LogP contribution in [0.25, 0.3) is 0 Å². The lowest BCUT2D eigenvalue weighted by Crippen LogP contribution is -2.15. The Hall–Kier alpha value is -1.38. The summed E-state index contributed by atoms with van der Waals surface area (Å²) in [5.74, 6) is 0. The molecule has 0 aliphatic carbocycles. The Morgan fingerprint density at radius 1 is 1.24 bits per heavy atom. The second-order valence-electron chi connectivity index (χ2n) is 4.10. The second-order valence-corrected chi connectivity index (χ2v) is 4.51. The zero-order valence-corrected chi connectivity index (χ0v) is 10.5. The first kappa shape index (κ1) is 12.1. The number of rotatable bonds is 3. The van der Waals surface area contributed by atoms with Crippen molar-refractivity contribution in [2.75, 3.05) is 0 Å². The molecule has 1 atom stereocenters. The zero-order valence-electron chi connectivity index (χ0n) is 9.73. The molecule has 0 saturated carbocycles. The maximum atomic E-state index is 6.17. The molecule has 2 nitrogen and oxygen atoms in total. The molecule has 2 rings (SSSR count). The van der Waals surface area contributed by atoms with E-state index in [1.54, 1.807) is 6.20 Å². The van der Waals surface area contributed by atoms with Gasteiger partial charge in [-0.2, -0.15) is 0 Å². The smallest absolute Gasteiger partial charge is 0.0453 e. The van der Waals surface area contributed by atoms with Gasteiger partial charge in [-0.05, 0) is 30.2 Å². The molecular weight excluding hydrogens is 232 g/mol. The fraction of sp³-hybridized carbons (Fsp3) is 0.214. The van der Waals surface area contributed by atoms with E-state index in [1.807, 2.05) is 43.3 Å². The molecule has 0 amide bonds. The predicted molar refractivity (Wildman–Crippen MR) is 71.1 cm³/mol. The SMILES string of the molecule is Cc1cccnc1CC(N)c1ccccc1Cl. The number of hydrogen-bond donors (Lipinski definition) is 1. The maximum absolute atomic E-state index is 6.17. The number of pyridine rings is 1. The van der Waals surface area contributed by atoms with Crippen molar-refractivity contribution in [3.8, 4) is 0 Å². The summed E-state index contributed by atoms with van der Waals surface area (Å²) in [5, 5.41) is 0.716. The molecule has 17 heavy (non-hydrogen) atoms. The molecule has 0 aliphatic rings. The summed E-state index contributed by atoms with van der Waals surface area (Å²) in [6, 6.07) is 11.5. The van der Waals surface area contributed by atoms with E-state index in [0.717, 1.165) is 16.8 Å². The standard InChI is InChI=1S/C14H15ClN2/c1-10-5-4-8-17-14(10)9-13(16)11-6-2-3-7-12(11)15/h2-8,13H,9,16H2,1H3. The lowest BCUT2D eigenvalue weighted by atomic mass is 10.0. The summed E-state index contributed by atoms with van der Waals surface area (Å²) < 4.78 is 0. The normalized spacial score (nSPS) is 12.4. The largest absolute Gasteiger partial charge is 0.324 e. The Bertz CT molecular complexity index is 511. The molecule has 1 aromatic carbocycles. The van der Waals surface area contributed by atoms with Crippen LogP contribution in [0.4, 0.5) is 0 Å². The summed E-state index contributed by atoms with van der Waals surface area (Å²) in [4.78, 5) is 4.35. The van der Waals surface area contributed by atoms with E-state index in [2.05, 4.69) is 4.98 Å². The summed E-state index contributed by atoms with van der Waals surface area (Å²) in [7, 11) is 0. The fourth-order valence-corrected chi connectivity index (χ4v) is 2.10. The lowest BCUT2D eigenvalue weighted by Gasteiger charge is -2.14. The molecule has 1 unspecified atom stereocenters. The number of hydrogen-bond acceptors (Lipinski definition) is 2. The summed E-state index contributed by atoms with van der Waals surface area (Å²) in [5.41, 5.74) is 9.33. The Labute approximate surface area is 106 Å². The molecule has 3 heteroatoms. The van der Waals surface area contributed by atoms with Gasteiger partial charge in [0.05, 0.1) is 0 Å². The van der Waals surface area contributed by atoms with Gasteiger partial charge in [0.1, 0.15) is 0 Å². The Balaban J connectivity index is 2.20. The number of aryl methyl sites for hydroxylation is 1. The first-order chi connectivity index (χ1) is 8.18. The number of benzene rings is 1. The molecular formula is C14H15ClN2. The molecule has 0 bridgehead atoms. The number of aromatic nitrogens is 1. The van der Waals surface area contributed by atoms with Gasteiger partial charge < -0.3 is 5.73 Å². The van der Waals surface area contributed by atoms with Gasteiger partial charge in [0.15, 0.2) is 0 Å². The zero-order chi connectivity index (χ0) is 12.3. The number of nitrogens with zero attached hydrogens (tertiary/aromatic N) is 1. The van der Waals surface area contributed by atoms with E-state index in [1.165, 1.54) is 0 Å². The highest BCUT2D eigenvalue weighted by Gasteiger charge is 2.12. The predicted octanol–water partition coefficient (Wildman–Crippen LogP) is 3.29. The highest BCUT2D eigenvalue weighted by molar-refractivity contribution is 6.31. The van der Waals surface area contributed by atoms with Gasteiger partial charge in [0.2, 0.25) is 0 Å². The van der Waals surface area contributed by atoms with Crippen molar-refractivity contribution in [3.63, 3.8) is 0 Å². The second kappa shape index (κ2) is 5.30. The van der Waals surface area contributed by atoms with E-state index in [0.29, 0.717) is 11.4 Å². The summed E-state index contributed by atoms with van der Waals surface area (Å²) in [6.45, 7) is 2.04. The third-order valence-corrected chi connectivity index (χ3v) is 3.18. The van der Waals surface area contributed by atoms with Crippen LogP contribution in [0.2, 0.25) is 5.02 Å². The van der Waals surface area contributed by atoms with Crippen LogP contribution in [0, 0.1) is 6.92 Å². The van der Waals surface area contributed by atoms with Crippen LogP contribution in [0.15, 0.2) is 42.6 Å². The van der Waals surface area contributed by atoms with E-state index in [9.17, 15) is 0 Å². The van der Waals surface area contributed by atoms with Crippen LogP contribution >= 0.6 is 11.6 Å². The van der Waals surface area contributed by atoms with Gasteiger partial charge >= 0.3 is 0 Å². The van der Waals surface area contributed by atoms with Crippen molar-refractivity contribution in [3.05, 3.63) is 64.4 Å². The molecule has 0 aliphatic heterocycles. The highest BCUT2D eigenvalue weighted by Crippen LogP contribution is 2.23.